The van der Waals surface area contributed by atoms with Gasteiger partial charge in [-0.15, -0.1) is 11.6 Å². The first-order valence-electron chi connectivity index (χ1n) is 6.10. The van der Waals surface area contributed by atoms with E-state index in [1.165, 1.54) is 12.1 Å². The van der Waals surface area contributed by atoms with Gasteiger partial charge in [0.25, 0.3) is 0 Å². The van der Waals surface area contributed by atoms with E-state index in [1.807, 2.05) is 0 Å². The smallest absolute Gasteiger partial charge is 0.181 e. The van der Waals surface area contributed by atoms with Crippen molar-refractivity contribution in [2.24, 2.45) is 0 Å². The molecule has 0 fully saturated rings. The molecule has 2 rings (SSSR count). The first kappa shape index (κ1) is 15.0. The number of halogens is 1. The van der Waals surface area contributed by atoms with Crippen LogP contribution in [-0.4, -0.2) is 25.2 Å². The average Bonchev–Trinajstić information content (AvgIpc) is 2.48. The minimum Gasteiger partial charge on any atom is -0.383 e. The Kier molecular flexibility index (Phi) is 4.48. The standard InChI is InChI=1S/C15H15ClO3S/c16-11-15(17,13-7-3-1-4-8-13)12-20(18,19)14-9-5-2-6-10-14/h1-10,17H,11-12H2. The molecule has 0 aliphatic rings. The molecule has 3 nitrogen and oxygen atoms in total. The molecule has 1 N–H and O–H groups in total. The van der Waals surface area contributed by atoms with Gasteiger partial charge in [-0.1, -0.05) is 48.5 Å². The Morgan fingerprint density at radius 1 is 0.950 bits per heavy atom. The third-order valence-electron chi connectivity index (χ3n) is 3.06. The largest absolute Gasteiger partial charge is 0.383 e. The van der Waals surface area contributed by atoms with Crippen molar-refractivity contribution < 1.29 is 13.5 Å². The van der Waals surface area contributed by atoms with Crippen LogP contribution in [0.1, 0.15) is 5.56 Å². The minimum atomic E-state index is -3.61. The molecule has 2 aromatic rings. The minimum absolute atomic E-state index is 0.180. The molecule has 0 aromatic heterocycles. The number of aliphatic hydroxyl groups is 1. The van der Waals surface area contributed by atoms with E-state index in [1.54, 1.807) is 48.5 Å². The maximum absolute atomic E-state index is 12.4. The summed E-state index contributed by atoms with van der Waals surface area (Å²) in [5.41, 5.74) is -1.10. The lowest BCUT2D eigenvalue weighted by Crippen LogP contribution is -2.36. The van der Waals surface area contributed by atoms with E-state index in [-0.39, 0.29) is 10.8 Å². The van der Waals surface area contributed by atoms with Gasteiger partial charge < -0.3 is 5.11 Å². The van der Waals surface area contributed by atoms with E-state index in [4.69, 9.17) is 11.6 Å². The summed E-state index contributed by atoms with van der Waals surface area (Å²) in [4.78, 5) is 0.180. The van der Waals surface area contributed by atoms with E-state index in [0.29, 0.717) is 5.56 Å². The zero-order valence-electron chi connectivity index (χ0n) is 10.7. The van der Waals surface area contributed by atoms with Crippen LogP contribution < -0.4 is 0 Å². The Hall–Kier alpha value is -1.36. The van der Waals surface area contributed by atoms with Crippen molar-refractivity contribution in [3.63, 3.8) is 0 Å². The summed E-state index contributed by atoms with van der Waals surface area (Å²) in [6, 6.07) is 16.7. The Morgan fingerprint density at radius 2 is 1.45 bits per heavy atom. The average molecular weight is 311 g/mol. The van der Waals surface area contributed by atoms with Crippen LogP contribution >= 0.6 is 11.6 Å². The van der Waals surface area contributed by atoms with Crippen molar-refractivity contribution in [1.82, 2.24) is 0 Å². The molecule has 0 radical (unpaired) electrons. The number of benzene rings is 2. The zero-order chi connectivity index (χ0) is 14.6. The van der Waals surface area contributed by atoms with Gasteiger partial charge >= 0.3 is 0 Å². The van der Waals surface area contributed by atoms with E-state index in [2.05, 4.69) is 0 Å². The molecular formula is C15H15ClO3S. The number of alkyl halides is 1. The van der Waals surface area contributed by atoms with Gasteiger partial charge in [0, 0.05) is 0 Å². The van der Waals surface area contributed by atoms with Crippen LogP contribution in [0.2, 0.25) is 0 Å². The predicted octanol–water partition coefficient (Wildman–Crippen LogP) is 2.59. The zero-order valence-corrected chi connectivity index (χ0v) is 12.3. The van der Waals surface area contributed by atoms with Crippen LogP contribution in [0, 0.1) is 0 Å². The topological polar surface area (TPSA) is 54.4 Å². The van der Waals surface area contributed by atoms with Crippen LogP contribution in [0.3, 0.4) is 0 Å². The Balaban J connectivity index is 2.36. The second-order valence-corrected chi connectivity index (χ2v) is 6.86. The van der Waals surface area contributed by atoms with Crippen LogP contribution in [0.5, 0.6) is 0 Å². The molecule has 0 saturated heterocycles. The third kappa shape index (κ3) is 3.20. The second kappa shape index (κ2) is 5.95. The maximum atomic E-state index is 12.4. The molecule has 0 heterocycles. The molecule has 0 amide bonds. The molecule has 0 aliphatic carbocycles. The molecule has 0 spiro atoms. The molecule has 106 valence electrons. The van der Waals surface area contributed by atoms with Crippen LogP contribution in [0.15, 0.2) is 65.6 Å². The molecule has 0 bridgehead atoms. The molecule has 1 unspecified atom stereocenters. The number of rotatable bonds is 5. The lowest BCUT2D eigenvalue weighted by Gasteiger charge is -2.26. The Labute approximate surface area is 123 Å². The second-order valence-electron chi connectivity index (χ2n) is 4.60. The SMILES string of the molecule is O=S(=O)(CC(O)(CCl)c1ccccc1)c1ccccc1. The quantitative estimate of drug-likeness (QED) is 0.864. The van der Waals surface area contributed by atoms with Gasteiger partial charge in [-0.3, -0.25) is 0 Å². The number of hydrogen-bond donors (Lipinski definition) is 1. The van der Waals surface area contributed by atoms with E-state index in [0.717, 1.165) is 0 Å². The number of hydrogen-bond acceptors (Lipinski definition) is 3. The Morgan fingerprint density at radius 3 is 1.95 bits per heavy atom. The van der Waals surface area contributed by atoms with E-state index < -0.39 is 21.2 Å². The van der Waals surface area contributed by atoms with Crippen molar-refractivity contribution >= 4 is 21.4 Å². The van der Waals surface area contributed by atoms with Gasteiger partial charge in [0.1, 0.15) is 5.60 Å². The fourth-order valence-electron chi connectivity index (χ4n) is 1.97. The van der Waals surface area contributed by atoms with Crippen LogP contribution in [0.25, 0.3) is 0 Å². The van der Waals surface area contributed by atoms with Crippen molar-refractivity contribution in [2.45, 2.75) is 10.5 Å². The molecule has 1 atom stereocenters. The summed E-state index contributed by atoms with van der Waals surface area (Å²) in [6.45, 7) is 0. The first-order valence-corrected chi connectivity index (χ1v) is 8.28. The molecule has 2 aromatic carbocycles. The molecular weight excluding hydrogens is 296 g/mol. The monoisotopic (exact) mass is 310 g/mol. The van der Waals surface area contributed by atoms with Gasteiger partial charge in [-0.2, -0.15) is 0 Å². The highest BCUT2D eigenvalue weighted by atomic mass is 35.5. The third-order valence-corrected chi connectivity index (χ3v) is 5.35. The molecule has 20 heavy (non-hydrogen) atoms. The van der Waals surface area contributed by atoms with Gasteiger partial charge in [-0.25, -0.2) is 8.42 Å². The molecule has 0 aliphatic heterocycles. The summed E-state index contributed by atoms with van der Waals surface area (Å²) < 4.78 is 24.7. The van der Waals surface area contributed by atoms with Gasteiger partial charge in [0.2, 0.25) is 0 Å². The van der Waals surface area contributed by atoms with Crippen LogP contribution in [-0.2, 0) is 15.4 Å². The summed E-state index contributed by atoms with van der Waals surface area (Å²) in [6.07, 6.45) is 0. The summed E-state index contributed by atoms with van der Waals surface area (Å²) in [7, 11) is -3.61. The maximum Gasteiger partial charge on any atom is 0.181 e. The first-order chi connectivity index (χ1) is 9.48. The van der Waals surface area contributed by atoms with E-state index >= 15 is 0 Å². The van der Waals surface area contributed by atoms with Crippen molar-refractivity contribution in [2.75, 3.05) is 11.6 Å². The van der Waals surface area contributed by atoms with Gasteiger partial charge in [0.05, 0.1) is 16.5 Å². The summed E-state index contributed by atoms with van der Waals surface area (Å²) in [5, 5.41) is 10.6. The highest BCUT2D eigenvalue weighted by Crippen LogP contribution is 2.27. The number of sulfone groups is 1. The van der Waals surface area contributed by atoms with Crippen LogP contribution in [0.4, 0.5) is 0 Å². The normalized spacial score (nSPS) is 14.7. The van der Waals surface area contributed by atoms with Crippen molar-refractivity contribution in [1.29, 1.82) is 0 Å². The fourth-order valence-corrected chi connectivity index (χ4v) is 3.97. The molecule has 5 heteroatoms. The fraction of sp³-hybridized carbons (Fsp3) is 0.200. The van der Waals surface area contributed by atoms with Gasteiger partial charge in [0.15, 0.2) is 9.84 Å². The molecule has 0 saturated carbocycles. The van der Waals surface area contributed by atoms with Gasteiger partial charge in [-0.05, 0) is 17.7 Å². The lowest BCUT2D eigenvalue weighted by molar-refractivity contribution is 0.0857. The lowest BCUT2D eigenvalue weighted by atomic mass is 9.98. The predicted molar refractivity (Wildman–Crippen MR) is 79.6 cm³/mol. The van der Waals surface area contributed by atoms with Crippen molar-refractivity contribution in [3.8, 4) is 0 Å². The summed E-state index contributed by atoms with van der Waals surface area (Å²) >= 11 is 5.82. The summed E-state index contributed by atoms with van der Waals surface area (Å²) in [5.74, 6) is -0.638. The highest BCUT2D eigenvalue weighted by Gasteiger charge is 2.35. The Bertz CT molecular complexity index is 656. The van der Waals surface area contributed by atoms with E-state index in [9.17, 15) is 13.5 Å². The van der Waals surface area contributed by atoms with Crippen molar-refractivity contribution in [3.05, 3.63) is 66.2 Å². The highest BCUT2D eigenvalue weighted by molar-refractivity contribution is 7.91.